The quantitative estimate of drug-likeness (QED) is 0.362. The Kier molecular flexibility index (Phi) is 5.55. The molecule has 0 fully saturated rings. The summed E-state index contributed by atoms with van der Waals surface area (Å²) < 4.78 is 13.3. The second kappa shape index (κ2) is 8.96. The van der Waals surface area contributed by atoms with Crippen LogP contribution in [0.25, 0.3) is 22.3 Å². The van der Waals surface area contributed by atoms with Crippen molar-refractivity contribution in [2.75, 3.05) is 0 Å². The molecule has 0 amide bonds. The normalized spacial score (nSPS) is 11.9. The lowest BCUT2D eigenvalue weighted by molar-refractivity contribution is -0.148. The Morgan fingerprint density at radius 2 is 1.91 bits per heavy atom. The van der Waals surface area contributed by atoms with Crippen LogP contribution in [0.15, 0.2) is 85.6 Å². The van der Waals surface area contributed by atoms with Gasteiger partial charge in [-0.25, -0.2) is 9.97 Å². The van der Waals surface area contributed by atoms with Gasteiger partial charge in [-0.05, 0) is 42.8 Å². The van der Waals surface area contributed by atoms with Crippen LogP contribution in [0.1, 0.15) is 18.4 Å². The molecule has 3 heterocycles. The van der Waals surface area contributed by atoms with E-state index in [-0.39, 0.29) is 12.7 Å². The third kappa shape index (κ3) is 4.31. The molecule has 3 aromatic heterocycles. The first-order valence-corrected chi connectivity index (χ1v) is 10.5. The van der Waals surface area contributed by atoms with Gasteiger partial charge < -0.3 is 9.47 Å². The number of H-pyrrole nitrogens is 1. The maximum atomic E-state index is 12.8. The van der Waals surface area contributed by atoms with Crippen molar-refractivity contribution in [3.8, 4) is 22.8 Å². The Hall–Kier alpha value is -4.46. The molecule has 0 bridgehead atoms. The summed E-state index contributed by atoms with van der Waals surface area (Å²) in [5.41, 5.74) is 3.13. The van der Waals surface area contributed by atoms with E-state index in [2.05, 4.69) is 20.2 Å². The average Bonchev–Trinajstić information content (AvgIpc) is 3.53. The third-order valence-corrected chi connectivity index (χ3v) is 5.36. The van der Waals surface area contributed by atoms with E-state index in [1.807, 2.05) is 73.8 Å². The molecule has 1 N–H and O–H groups in total. The monoisotopic (exact) mass is 439 g/mol. The van der Waals surface area contributed by atoms with Gasteiger partial charge in [0.05, 0.1) is 17.8 Å². The number of esters is 1. The van der Waals surface area contributed by atoms with E-state index in [0.29, 0.717) is 11.4 Å². The van der Waals surface area contributed by atoms with Crippen LogP contribution in [0.2, 0.25) is 0 Å². The molecule has 8 nitrogen and oxygen atoms in total. The van der Waals surface area contributed by atoms with Gasteiger partial charge in [-0.3, -0.25) is 14.5 Å². The number of fused-ring (bicyclic) bond motifs is 1. The second-order valence-electron chi connectivity index (χ2n) is 7.53. The van der Waals surface area contributed by atoms with E-state index < -0.39 is 5.92 Å². The fourth-order valence-electron chi connectivity index (χ4n) is 3.58. The van der Waals surface area contributed by atoms with Crippen molar-refractivity contribution >= 4 is 17.0 Å². The van der Waals surface area contributed by atoms with Crippen molar-refractivity contribution in [3.05, 3.63) is 91.1 Å². The van der Waals surface area contributed by atoms with Crippen molar-refractivity contribution in [2.24, 2.45) is 0 Å². The summed E-state index contributed by atoms with van der Waals surface area (Å²) in [6.07, 6.45) is 6.80. The molecule has 0 saturated heterocycles. The zero-order valence-electron chi connectivity index (χ0n) is 17.9. The van der Waals surface area contributed by atoms with E-state index in [0.717, 1.165) is 28.0 Å². The fraction of sp³-hybridized carbons (Fsp3) is 0.120. The van der Waals surface area contributed by atoms with Crippen molar-refractivity contribution in [1.29, 1.82) is 0 Å². The zero-order chi connectivity index (χ0) is 22.6. The summed E-state index contributed by atoms with van der Waals surface area (Å²) in [6.45, 7) is 1.87. The van der Waals surface area contributed by atoms with Gasteiger partial charge in [-0.1, -0.05) is 30.3 Å². The molecule has 8 heteroatoms. The number of rotatable bonds is 7. The first-order valence-electron chi connectivity index (χ1n) is 10.5. The van der Waals surface area contributed by atoms with Gasteiger partial charge in [0.25, 0.3) is 0 Å². The van der Waals surface area contributed by atoms with Gasteiger partial charge in [0.15, 0.2) is 6.73 Å². The molecule has 0 aliphatic heterocycles. The van der Waals surface area contributed by atoms with Gasteiger partial charge in [0.2, 0.25) is 0 Å². The van der Waals surface area contributed by atoms with Gasteiger partial charge in [-0.15, -0.1) is 0 Å². The Labute approximate surface area is 189 Å². The Morgan fingerprint density at radius 3 is 2.73 bits per heavy atom. The summed E-state index contributed by atoms with van der Waals surface area (Å²) in [6, 6.07) is 18.9. The minimum absolute atomic E-state index is 0.0503. The number of aromatic nitrogens is 5. The smallest absolute Gasteiger partial charge is 0.314 e. The molecule has 0 aliphatic carbocycles. The van der Waals surface area contributed by atoms with Crippen LogP contribution in [-0.4, -0.2) is 30.7 Å². The van der Waals surface area contributed by atoms with Gasteiger partial charge in [0.1, 0.15) is 23.5 Å². The van der Waals surface area contributed by atoms with E-state index in [1.54, 1.807) is 17.0 Å². The Morgan fingerprint density at radius 1 is 1.06 bits per heavy atom. The molecule has 33 heavy (non-hydrogen) atoms. The molecule has 0 saturated carbocycles. The second-order valence-corrected chi connectivity index (χ2v) is 7.53. The fourth-order valence-corrected chi connectivity index (χ4v) is 3.58. The number of benzene rings is 2. The number of nitrogens with one attached hydrogen (secondary N) is 1. The highest BCUT2D eigenvalue weighted by Gasteiger charge is 2.19. The third-order valence-electron chi connectivity index (χ3n) is 5.36. The molecule has 5 aromatic rings. The summed E-state index contributed by atoms with van der Waals surface area (Å²) >= 11 is 0. The zero-order valence-corrected chi connectivity index (χ0v) is 17.9. The maximum absolute atomic E-state index is 12.8. The largest absolute Gasteiger partial charge is 0.457 e. The van der Waals surface area contributed by atoms with Gasteiger partial charge in [-0.2, -0.15) is 5.10 Å². The van der Waals surface area contributed by atoms with Crippen LogP contribution in [0.3, 0.4) is 0 Å². The molecule has 0 spiro atoms. The highest BCUT2D eigenvalue weighted by Crippen LogP contribution is 2.27. The van der Waals surface area contributed by atoms with Crippen LogP contribution >= 0.6 is 0 Å². The number of hydrogen-bond acceptors (Lipinski definition) is 6. The first-order chi connectivity index (χ1) is 16.2. The SMILES string of the molecule is CC(C(=O)OCn1ccc2c(-c3cn[nH]c3)ncnc21)c1cccc(Oc2ccccc2)c1. The molecule has 0 radical (unpaired) electrons. The predicted octanol–water partition coefficient (Wildman–Crippen LogP) is 4.92. The standard InChI is InChI=1S/C25H21N5O3/c1-17(18-6-5-9-21(12-18)33-20-7-3-2-4-8-20)25(31)32-16-30-11-10-22-23(19-13-28-29-14-19)26-15-27-24(22)30/h2-15,17H,16H2,1H3,(H,28,29). The van der Waals surface area contributed by atoms with E-state index >= 15 is 0 Å². The Balaban J connectivity index is 1.28. The molecule has 2 aromatic carbocycles. The lowest BCUT2D eigenvalue weighted by Gasteiger charge is -2.14. The molecular formula is C25H21N5O3. The number of nitrogens with zero attached hydrogens (tertiary/aromatic N) is 4. The average molecular weight is 439 g/mol. The first kappa shape index (κ1) is 20.4. The summed E-state index contributed by atoms with van der Waals surface area (Å²) in [5, 5.41) is 7.62. The molecule has 5 rings (SSSR count). The summed E-state index contributed by atoms with van der Waals surface area (Å²) in [7, 11) is 0. The predicted molar refractivity (Wildman–Crippen MR) is 123 cm³/mol. The molecule has 0 aliphatic rings. The number of aromatic amines is 1. The lowest BCUT2D eigenvalue weighted by atomic mass is 10.0. The summed E-state index contributed by atoms with van der Waals surface area (Å²) in [4.78, 5) is 21.5. The maximum Gasteiger partial charge on any atom is 0.314 e. The topological polar surface area (TPSA) is 94.9 Å². The highest BCUT2D eigenvalue weighted by molar-refractivity contribution is 5.90. The molecule has 1 atom stereocenters. The van der Waals surface area contributed by atoms with Gasteiger partial charge >= 0.3 is 5.97 Å². The number of carbonyl (C=O) groups is 1. The Bertz CT molecular complexity index is 1380. The van der Waals surface area contributed by atoms with Gasteiger partial charge in [0, 0.05) is 23.3 Å². The van der Waals surface area contributed by atoms with Crippen LogP contribution in [0, 0.1) is 0 Å². The van der Waals surface area contributed by atoms with Crippen LogP contribution in [0.4, 0.5) is 0 Å². The van der Waals surface area contributed by atoms with E-state index in [1.165, 1.54) is 6.33 Å². The van der Waals surface area contributed by atoms with Crippen LogP contribution < -0.4 is 4.74 Å². The van der Waals surface area contributed by atoms with Crippen molar-refractivity contribution < 1.29 is 14.3 Å². The number of ether oxygens (including phenoxy) is 2. The van der Waals surface area contributed by atoms with Crippen LogP contribution in [-0.2, 0) is 16.3 Å². The summed E-state index contributed by atoms with van der Waals surface area (Å²) in [5.74, 6) is 0.611. The lowest BCUT2D eigenvalue weighted by Crippen LogP contribution is -2.15. The minimum Gasteiger partial charge on any atom is -0.457 e. The molecular weight excluding hydrogens is 418 g/mol. The van der Waals surface area contributed by atoms with E-state index in [9.17, 15) is 4.79 Å². The van der Waals surface area contributed by atoms with Crippen molar-refractivity contribution in [3.63, 3.8) is 0 Å². The number of carbonyl (C=O) groups excluding carboxylic acids is 1. The van der Waals surface area contributed by atoms with Crippen molar-refractivity contribution in [2.45, 2.75) is 19.6 Å². The number of para-hydroxylation sites is 1. The number of hydrogen-bond donors (Lipinski definition) is 1. The molecule has 1 unspecified atom stereocenters. The van der Waals surface area contributed by atoms with Crippen LogP contribution in [0.5, 0.6) is 11.5 Å². The minimum atomic E-state index is -0.456. The van der Waals surface area contributed by atoms with Crippen molar-refractivity contribution in [1.82, 2.24) is 24.7 Å². The molecule has 164 valence electrons. The van der Waals surface area contributed by atoms with E-state index in [4.69, 9.17) is 9.47 Å². The highest BCUT2D eigenvalue weighted by atomic mass is 16.5.